The SMILES string of the molecule is Br.Cc1c(-c2ccc(OCc3ccccc3)cc2)n(Cc2ccc(OCCN3CCCCC3)cc2)c2ccc(OCc3ccccc3)cc12. The van der Waals surface area contributed by atoms with E-state index in [1.807, 2.05) is 36.4 Å². The number of fused-ring (bicyclic) bond motifs is 1. The number of aromatic nitrogens is 1. The molecule has 1 saturated heterocycles. The molecule has 0 amide bonds. The second kappa shape index (κ2) is 16.7. The largest absolute Gasteiger partial charge is 0.492 e. The average Bonchev–Trinajstić information content (AvgIpc) is 3.42. The van der Waals surface area contributed by atoms with Crippen LogP contribution in [0.5, 0.6) is 17.2 Å². The van der Waals surface area contributed by atoms with Gasteiger partial charge in [0.1, 0.15) is 37.1 Å². The molecule has 1 aliphatic rings. The summed E-state index contributed by atoms with van der Waals surface area (Å²) in [6.45, 7) is 8.15. The summed E-state index contributed by atoms with van der Waals surface area (Å²) in [5, 5.41) is 1.19. The number of hydrogen-bond acceptors (Lipinski definition) is 4. The maximum absolute atomic E-state index is 6.25. The van der Waals surface area contributed by atoms with Crippen molar-refractivity contribution in [2.24, 2.45) is 0 Å². The zero-order valence-corrected chi connectivity index (χ0v) is 29.9. The van der Waals surface area contributed by atoms with Crippen molar-refractivity contribution < 1.29 is 14.2 Å². The normalized spacial score (nSPS) is 13.2. The third kappa shape index (κ3) is 8.75. The Balaban J connectivity index is 0.00000417. The molecule has 6 heteroatoms. The van der Waals surface area contributed by atoms with Crippen molar-refractivity contribution in [3.63, 3.8) is 0 Å². The van der Waals surface area contributed by atoms with Gasteiger partial charge in [0.25, 0.3) is 0 Å². The molecule has 49 heavy (non-hydrogen) atoms. The number of halogens is 1. The van der Waals surface area contributed by atoms with E-state index in [1.165, 1.54) is 60.1 Å². The topological polar surface area (TPSA) is 35.9 Å². The number of piperidine rings is 1. The Bertz CT molecular complexity index is 1900. The van der Waals surface area contributed by atoms with Crippen molar-refractivity contribution >= 4 is 27.9 Å². The van der Waals surface area contributed by atoms with Crippen molar-refractivity contribution in [2.45, 2.75) is 45.9 Å². The molecule has 0 N–H and O–H groups in total. The second-order valence-corrected chi connectivity index (χ2v) is 12.7. The van der Waals surface area contributed by atoms with E-state index in [0.29, 0.717) is 13.2 Å². The van der Waals surface area contributed by atoms with Crippen LogP contribution >= 0.6 is 17.0 Å². The third-order valence-corrected chi connectivity index (χ3v) is 9.30. The van der Waals surface area contributed by atoms with E-state index >= 15 is 0 Å². The standard InChI is InChI=1S/C43H44N2O3.BrH/c1-33-41-29-40(48-32-36-13-7-3-8-14-36)23-24-42(41)45(30-34-15-19-38(20-16-34)46-28-27-44-25-9-4-10-26-44)43(33)37-17-21-39(22-18-37)47-31-35-11-5-2-6-12-35;/h2-3,5-8,11-24,29H,4,9-10,25-28,30-32H2,1H3;1H. The highest BCUT2D eigenvalue weighted by atomic mass is 79.9. The number of ether oxygens (including phenoxy) is 3. The highest BCUT2D eigenvalue weighted by molar-refractivity contribution is 8.93. The maximum Gasteiger partial charge on any atom is 0.120 e. The first-order valence-electron chi connectivity index (χ1n) is 17.2. The van der Waals surface area contributed by atoms with Gasteiger partial charge in [0, 0.05) is 24.0 Å². The van der Waals surface area contributed by atoms with Gasteiger partial charge >= 0.3 is 0 Å². The molecule has 2 heterocycles. The highest BCUT2D eigenvalue weighted by Crippen LogP contribution is 2.37. The summed E-state index contributed by atoms with van der Waals surface area (Å²) in [4.78, 5) is 2.51. The predicted octanol–water partition coefficient (Wildman–Crippen LogP) is 10.3. The van der Waals surface area contributed by atoms with Crippen LogP contribution in [-0.4, -0.2) is 35.7 Å². The zero-order valence-electron chi connectivity index (χ0n) is 28.2. The molecule has 0 spiro atoms. The van der Waals surface area contributed by atoms with Crippen molar-refractivity contribution in [3.8, 4) is 28.5 Å². The Kier molecular flexibility index (Phi) is 11.7. The van der Waals surface area contributed by atoms with Gasteiger partial charge < -0.3 is 18.8 Å². The molecule has 6 aromatic rings. The summed E-state index contributed by atoms with van der Waals surface area (Å²) in [5.41, 5.74) is 8.29. The van der Waals surface area contributed by atoms with Gasteiger partial charge in [0.2, 0.25) is 0 Å². The van der Waals surface area contributed by atoms with Crippen molar-refractivity contribution in [2.75, 3.05) is 26.2 Å². The Labute approximate surface area is 300 Å². The lowest BCUT2D eigenvalue weighted by Crippen LogP contribution is -2.33. The summed E-state index contributed by atoms with van der Waals surface area (Å²) in [7, 11) is 0. The molecule has 0 bridgehead atoms. The second-order valence-electron chi connectivity index (χ2n) is 12.7. The minimum Gasteiger partial charge on any atom is -0.492 e. The van der Waals surface area contributed by atoms with Crippen LogP contribution in [0.2, 0.25) is 0 Å². The van der Waals surface area contributed by atoms with E-state index in [0.717, 1.165) is 53.6 Å². The Morgan fingerprint density at radius 3 is 1.80 bits per heavy atom. The van der Waals surface area contributed by atoms with Gasteiger partial charge in [-0.05, 0) is 115 Å². The summed E-state index contributed by atoms with van der Waals surface area (Å²) >= 11 is 0. The molecule has 0 saturated carbocycles. The molecular formula is C43H45BrN2O3. The smallest absolute Gasteiger partial charge is 0.120 e. The summed E-state index contributed by atoms with van der Waals surface area (Å²) < 4.78 is 20.9. The van der Waals surface area contributed by atoms with Gasteiger partial charge in [0.05, 0.1) is 5.69 Å². The number of hydrogen-bond donors (Lipinski definition) is 0. The number of nitrogens with zero attached hydrogens (tertiary/aromatic N) is 2. The van der Waals surface area contributed by atoms with Crippen molar-refractivity contribution in [3.05, 3.63) is 150 Å². The molecular weight excluding hydrogens is 672 g/mol. The van der Waals surface area contributed by atoms with Crippen LogP contribution in [-0.2, 0) is 19.8 Å². The van der Waals surface area contributed by atoms with E-state index in [2.05, 4.69) is 107 Å². The van der Waals surface area contributed by atoms with Crippen LogP contribution in [0.3, 0.4) is 0 Å². The number of benzene rings is 5. The van der Waals surface area contributed by atoms with E-state index in [1.54, 1.807) is 0 Å². The fraction of sp³-hybridized carbons (Fsp3) is 0.256. The van der Waals surface area contributed by atoms with E-state index in [9.17, 15) is 0 Å². The first-order valence-corrected chi connectivity index (χ1v) is 17.2. The van der Waals surface area contributed by atoms with Gasteiger partial charge in [-0.25, -0.2) is 0 Å². The number of likely N-dealkylation sites (tertiary alicyclic amines) is 1. The molecule has 0 aliphatic carbocycles. The predicted molar refractivity (Wildman–Crippen MR) is 205 cm³/mol. The Hall–Kier alpha value is -4.52. The fourth-order valence-corrected chi connectivity index (χ4v) is 6.67. The van der Waals surface area contributed by atoms with Gasteiger partial charge in [0.15, 0.2) is 0 Å². The monoisotopic (exact) mass is 716 g/mol. The quantitative estimate of drug-likeness (QED) is 0.119. The Morgan fingerprint density at radius 1 is 0.571 bits per heavy atom. The molecule has 0 atom stereocenters. The molecule has 5 aromatic carbocycles. The maximum atomic E-state index is 6.25. The molecule has 7 rings (SSSR count). The van der Waals surface area contributed by atoms with Crippen molar-refractivity contribution in [1.29, 1.82) is 0 Å². The van der Waals surface area contributed by atoms with Crippen LogP contribution in [0.1, 0.15) is 41.5 Å². The van der Waals surface area contributed by atoms with Gasteiger partial charge in [-0.2, -0.15) is 0 Å². The summed E-state index contributed by atoms with van der Waals surface area (Å²) in [5.74, 6) is 2.65. The lowest BCUT2D eigenvalue weighted by atomic mass is 10.1. The van der Waals surface area contributed by atoms with Crippen LogP contribution in [0.15, 0.2) is 127 Å². The Morgan fingerprint density at radius 2 is 1.14 bits per heavy atom. The minimum absolute atomic E-state index is 0. The molecule has 1 fully saturated rings. The lowest BCUT2D eigenvalue weighted by molar-refractivity contribution is 0.183. The van der Waals surface area contributed by atoms with Crippen LogP contribution in [0, 0.1) is 6.92 Å². The molecule has 252 valence electrons. The minimum atomic E-state index is 0. The summed E-state index contributed by atoms with van der Waals surface area (Å²) in [6.07, 6.45) is 3.96. The molecule has 1 aromatic heterocycles. The first-order chi connectivity index (χ1) is 23.7. The summed E-state index contributed by atoms with van der Waals surface area (Å²) in [6, 6.07) is 44.2. The first kappa shape index (κ1) is 34.3. The lowest BCUT2D eigenvalue weighted by Gasteiger charge is -2.26. The number of rotatable bonds is 13. The fourth-order valence-electron chi connectivity index (χ4n) is 6.67. The van der Waals surface area contributed by atoms with Crippen LogP contribution in [0.4, 0.5) is 0 Å². The average molecular weight is 718 g/mol. The molecule has 5 nitrogen and oxygen atoms in total. The van der Waals surface area contributed by atoms with Crippen molar-refractivity contribution in [1.82, 2.24) is 9.47 Å². The third-order valence-electron chi connectivity index (χ3n) is 9.30. The highest BCUT2D eigenvalue weighted by Gasteiger charge is 2.18. The van der Waals surface area contributed by atoms with E-state index in [4.69, 9.17) is 14.2 Å². The van der Waals surface area contributed by atoms with Gasteiger partial charge in [-0.15, -0.1) is 17.0 Å². The number of aryl methyl sites for hydroxylation is 1. The molecule has 0 unspecified atom stereocenters. The van der Waals surface area contributed by atoms with E-state index < -0.39 is 0 Å². The van der Waals surface area contributed by atoms with Crippen LogP contribution < -0.4 is 14.2 Å². The van der Waals surface area contributed by atoms with E-state index in [-0.39, 0.29) is 17.0 Å². The molecule has 0 radical (unpaired) electrons. The zero-order chi connectivity index (χ0) is 32.5. The van der Waals surface area contributed by atoms with Gasteiger partial charge in [-0.1, -0.05) is 79.2 Å². The van der Waals surface area contributed by atoms with Gasteiger partial charge in [-0.3, -0.25) is 4.90 Å². The van der Waals surface area contributed by atoms with Crippen LogP contribution in [0.25, 0.3) is 22.2 Å². The molecule has 1 aliphatic heterocycles.